The van der Waals surface area contributed by atoms with E-state index in [1.54, 1.807) is 17.8 Å². The molecule has 0 radical (unpaired) electrons. The summed E-state index contributed by atoms with van der Waals surface area (Å²) in [7, 11) is 0. The van der Waals surface area contributed by atoms with Gasteiger partial charge in [0.2, 0.25) is 0 Å². The molecule has 2 aromatic carbocycles. The van der Waals surface area contributed by atoms with Gasteiger partial charge in [0.25, 0.3) is 0 Å². The van der Waals surface area contributed by atoms with E-state index in [-0.39, 0.29) is 0 Å². The molecule has 120 valence electrons. The van der Waals surface area contributed by atoms with Crippen molar-refractivity contribution in [3.05, 3.63) is 77.0 Å². The smallest absolute Gasteiger partial charge is 0.123 e. The molecule has 3 rings (SSSR count). The lowest BCUT2D eigenvalue weighted by Gasteiger charge is -2.13. The van der Waals surface area contributed by atoms with Crippen molar-refractivity contribution in [3.63, 3.8) is 0 Å². The van der Waals surface area contributed by atoms with E-state index in [2.05, 4.69) is 56.3 Å². The van der Waals surface area contributed by atoms with Gasteiger partial charge in [-0.2, -0.15) is 5.26 Å². The number of nitrogens with zero attached hydrogens (tertiary/aromatic N) is 2. The number of benzene rings is 2. The summed E-state index contributed by atoms with van der Waals surface area (Å²) in [5.41, 5.74) is 11.0. The van der Waals surface area contributed by atoms with Crippen LogP contribution in [0.4, 0.5) is 5.69 Å². The summed E-state index contributed by atoms with van der Waals surface area (Å²) >= 11 is 1.60. The Labute approximate surface area is 146 Å². The Morgan fingerprint density at radius 2 is 1.79 bits per heavy atom. The number of rotatable bonds is 4. The van der Waals surface area contributed by atoms with Gasteiger partial charge in [0.05, 0.1) is 5.69 Å². The van der Waals surface area contributed by atoms with Crippen LogP contribution in [0.3, 0.4) is 0 Å². The molecule has 1 aromatic heterocycles. The molecule has 24 heavy (non-hydrogen) atoms. The average Bonchev–Trinajstić information content (AvgIpc) is 2.87. The molecule has 0 aliphatic carbocycles. The van der Waals surface area contributed by atoms with Crippen molar-refractivity contribution in [2.75, 3.05) is 5.73 Å². The zero-order valence-corrected chi connectivity index (χ0v) is 14.6. The summed E-state index contributed by atoms with van der Waals surface area (Å²) in [6.07, 6.45) is 0. The molecule has 3 nitrogen and oxygen atoms in total. The predicted octanol–water partition coefficient (Wildman–Crippen LogP) is 4.76. The first-order valence-corrected chi connectivity index (χ1v) is 8.58. The maximum Gasteiger partial charge on any atom is 0.123 e. The molecule has 4 heteroatoms. The summed E-state index contributed by atoms with van der Waals surface area (Å²) in [5, 5.41) is 10.4. The maximum absolute atomic E-state index is 9.47. The molecular weight excluding hydrogens is 314 g/mol. The van der Waals surface area contributed by atoms with E-state index in [0.717, 1.165) is 9.92 Å². The van der Waals surface area contributed by atoms with Crippen LogP contribution in [-0.4, -0.2) is 4.57 Å². The molecule has 0 spiro atoms. The lowest BCUT2D eigenvalue weighted by atomic mass is 10.1. The number of hydrogen-bond acceptors (Lipinski definition) is 3. The zero-order valence-electron chi connectivity index (χ0n) is 13.8. The number of hydrogen-bond donors (Lipinski definition) is 1. The van der Waals surface area contributed by atoms with Gasteiger partial charge in [-0.3, -0.25) is 0 Å². The first kappa shape index (κ1) is 16.2. The van der Waals surface area contributed by atoms with Gasteiger partial charge in [0, 0.05) is 11.4 Å². The fourth-order valence-corrected chi connectivity index (χ4v) is 3.54. The third kappa shape index (κ3) is 3.32. The summed E-state index contributed by atoms with van der Waals surface area (Å²) in [5.74, 6) is 0. The highest BCUT2D eigenvalue weighted by Gasteiger charge is 2.15. The Bertz CT molecular complexity index is 902. The molecule has 0 aliphatic rings. The first-order chi connectivity index (χ1) is 11.6. The van der Waals surface area contributed by atoms with E-state index in [4.69, 9.17) is 5.73 Å². The lowest BCUT2D eigenvalue weighted by molar-refractivity contribution is 0.722. The van der Waals surface area contributed by atoms with Gasteiger partial charge in [0.1, 0.15) is 16.8 Å². The molecule has 0 aliphatic heterocycles. The van der Waals surface area contributed by atoms with E-state index in [9.17, 15) is 5.26 Å². The normalized spacial score (nSPS) is 10.5. The Hall–Kier alpha value is -2.64. The van der Waals surface area contributed by atoms with E-state index < -0.39 is 0 Å². The Morgan fingerprint density at radius 3 is 2.46 bits per heavy atom. The fraction of sp³-hybridized carbons (Fsp3) is 0.150. The third-order valence-electron chi connectivity index (χ3n) is 4.01. The number of anilines is 1. The predicted molar refractivity (Wildman–Crippen MR) is 99.1 cm³/mol. The van der Waals surface area contributed by atoms with Crippen molar-refractivity contribution in [1.29, 1.82) is 5.26 Å². The monoisotopic (exact) mass is 333 g/mol. The molecule has 0 saturated heterocycles. The quantitative estimate of drug-likeness (QED) is 0.749. The highest BCUT2D eigenvalue weighted by atomic mass is 32.2. The molecule has 0 atom stereocenters. The number of nitrogen functional groups attached to an aromatic ring is 1. The summed E-state index contributed by atoms with van der Waals surface area (Å²) in [6, 6.07) is 20.6. The number of nitriles is 1. The molecule has 0 amide bonds. The second-order valence-corrected chi connectivity index (χ2v) is 6.89. The minimum atomic E-state index is 0.588. The SMILES string of the molecule is Cc1ccc(Sc2c(N)cc(C#N)n2Cc2ccccc2C)cc1. The number of aromatic nitrogens is 1. The van der Waals surface area contributed by atoms with Crippen molar-refractivity contribution < 1.29 is 0 Å². The lowest BCUT2D eigenvalue weighted by Crippen LogP contribution is -2.05. The Kier molecular flexibility index (Phi) is 4.64. The second kappa shape index (κ2) is 6.86. The van der Waals surface area contributed by atoms with Crippen LogP contribution in [0.1, 0.15) is 22.4 Å². The molecule has 3 aromatic rings. The van der Waals surface area contributed by atoms with Gasteiger partial charge in [-0.05, 0) is 43.2 Å². The van der Waals surface area contributed by atoms with Gasteiger partial charge in [-0.15, -0.1) is 0 Å². The molecule has 0 unspecified atom stereocenters. The van der Waals surface area contributed by atoms with Crippen LogP contribution < -0.4 is 5.73 Å². The van der Waals surface area contributed by atoms with Gasteiger partial charge in [0.15, 0.2) is 0 Å². The molecule has 1 heterocycles. The van der Waals surface area contributed by atoms with Crippen molar-refractivity contribution in [2.45, 2.75) is 30.3 Å². The van der Waals surface area contributed by atoms with E-state index in [0.29, 0.717) is 17.9 Å². The minimum absolute atomic E-state index is 0.588. The third-order valence-corrected chi connectivity index (χ3v) is 5.17. The number of aryl methyl sites for hydroxylation is 2. The molecule has 2 N–H and O–H groups in total. The number of nitrogens with two attached hydrogens (primary N) is 1. The van der Waals surface area contributed by atoms with Crippen LogP contribution in [0.25, 0.3) is 0 Å². The largest absolute Gasteiger partial charge is 0.397 e. The van der Waals surface area contributed by atoms with Crippen molar-refractivity contribution in [3.8, 4) is 6.07 Å². The highest BCUT2D eigenvalue weighted by Crippen LogP contribution is 2.35. The summed E-state index contributed by atoms with van der Waals surface area (Å²) in [4.78, 5) is 1.11. The van der Waals surface area contributed by atoms with E-state index in [1.165, 1.54) is 16.7 Å². The average molecular weight is 333 g/mol. The second-order valence-electron chi connectivity index (χ2n) is 5.83. The summed E-state index contributed by atoms with van der Waals surface area (Å²) < 4.78 is 2.00. The molecular formula is C20H19N3S. The fourth-order valence-electron chi connectivity index (χ4n) is 2.59. The maximum atomic E-state index is 9.47. The van der Waals surface area contributed by atoms with Crippen LogP contribution in [0, 0.1) is 25.2 Å². The highest BCUT2D eigenvalue weighted by molar-refractivity contribution is 7.99. The van der Waals surface area contributed by atoms with Crippen molar-refractivity contribution in [1.82, 2.24) is 4.57 Å². The van der Waals surface area contributed by atoms with Crippen molar-refractivity contribution >= 4 is 17.4 Å². The van der Waals surface area contributed by atoms with Gasteiger partial charge >= 0.3 is 0 Å². The van der Waals surface area contributed by atoms with Crippen LogP contribution >= 0.6 is 11.8 Å². The Morgan fingerprint density at radius 1 is 1.08 bits per heavy atom. The Balaban J connectivity index is 2.00. The zero-order chi connectivity index (χ0) is 17.1. The van der Waals surface area contributed by atoms with Gasteiger partial charge < -0.3 is 10.3 Å². The molecule has 0 bridgehead atoms. The standard InChI is InChI=1S/C20H19N3S/c1-14-7-9-18(10-8-14)24-20-19(22)11-17(12-21)23(20)13-16-6-4-3-5-15(16)2/h3-11H,13,22H2,1-2H3. The van der Waals surface area contributed by atoms with Crippen LogP contribution in [0.2, 0.25) is 0 Å². The summed E-state index contributed by atoms with van der Waals surface area (Å²) in [6.45, 7) is 4.79. The van der Waals surface area contributed by atoms with Gasteiger partial charge in [-0.25, -0.2) is 0 Å². The molecule has 0 fully saturated rings. The molecule has 0 saturated carbocycles. The van der Waals surface area contributed by atoms with Gasteiger partial charge in [-0.1, -0.05) is 53.7 Å². The van der Waals surface area contributed by atoms with Crippen LogP contribution in [0.15, 0.2) is 64.5 Å². The van der Waals surface area contributed by atoms with E-state index >= 15 is 0 Å². The minimum Gasteiger partial charge on any atom is -0.397 e. The van der Waals surface area contributed by atoms with E-state index in [1.807, 2.05) is 16.7 Å². The topological polar surface area (TPSA) is 54.7 Å². The van der Waals surface area contributed by atoms with Crippen molar-refractivity contribution in [2.24, 2.45) is 0 Å². The first-order valence-electron chi connectivity index (χ1n) is 7.76. The van der Waals surface area contributed by atoms with Crippen LogP contribution in [-0.2, 0) is 6.54 Å². The van der Waals surface area contributed by atoms with Crippen LogP contribution in [0.5, 0.6) is 0 Å².